The third-order valence-electron chi connectivity index (χ3n) is 4.46. The van der Waals surface area contributed by atoms with E-state index in [1.807, 2.05) is 54.6 Å². The molecule has 1 N–H and O–H groups in total. The summed E-state index contributed by atoms with van der Waals surface area (Å²) >= 11 is 5.70. The monoisotopic (exact) mass is 391 g/mol. The number of hydrogen-bond donors (Lipinski definition) is 1. The smallest absolute Gasteiger partial charge is 0.231 e. The first-order chi connectivity index (χ1) is 13.8. The number of nitrogens with one attached hydrogen (secondary N) is 1. The van der Waals surface area contributed by atoms with Crippen LogP contribution in [0.15, 0.2) is 72.9 Å². The lowest BCUT2D eigenvalue weighted by atomic mass is 10.2. The van der Waals surface area contributed by atoms with Crippen LogP contribution in [0, 0.1) is 0 Å². The Morgan fingerprint density at radius 1 is 0.929 bits per heavy atom. The highest BCUT2D eigenvalue weighted by Gasteiger charge is 2.16. The normalized spacial score (nSPS) is 11.9. The molecule has 2 heterocycles. The molecule has 0 aliphatic carbocycles. The minimum Gasteiger partial charge on any atom is -0.454 e. The van der Waals surface area contributed by atoms with Crippen molar-refractivity contribution in [1.82, 2.24) is 15.2 Å². The maximum atomic E-state index is 5.70. The van der Waals surface area contributed by atoms with Crippen LogP contribution >= 0.6 is 12.2 Å². The van der Waals surface area contributed by atoms with Crippen LogP contribution in [-0.4, -0.2) is 21.8 Å². The van der Waals surface area contributed by atoms with Crippen LogP contribution in [0.4, 0.5) is 0 Å². The van der Waals surface area contributed by atoms with Gasteiger partial charge in [0, 0.05) is 19.3 Å². The van der Waals surface area contributed by atoms with Crippen molar-refractivity contribution in [1.29, 1.82) is 0 Å². The third kappa shape index (κ3) is 4.58. The van der Waals surface area contributed by atoms with Gasteiger partial charge in [0.1, 0.15) is 0 Å². The van der Waals surface area contributed by atoms with E-state index in [-0.39, 0.29) is 6.79 Å². The number of nitrogens with zero attached hydrogens (tertiary/aromatic N) is 2. The van der Waals surface area contributed by atoms with E-state index in [1.165, 1.54) is 5.56 Å². The highest BCUT2D eigenvalue weighted by Crippen LogP contribution is 2.32. The molecule has 28 heavy (non-hydrogen) atoms. The van der Waals surface area contributed by atoms with Crippen LogP contribution < -0.4 is 14.8 Å². The quantitative estimate of drug-likeness (QED) is 0.644. The fraction of sp³-hybridized carbons (Fsp3) is 0.182. The second kappa shape index (κ2) is 8.71. The number of thiocarbonyl (C=S) groups is 1. The minimum atomic E-state index is 0.271. The van der Waals surface area contributed by atoms with Gasteiger partial charge in [0.25, 0.3) is 0 Å². The summed E-state index contributed by atoms with van der Waals surface area (Å²) in [6.45, 7) is 2.22. The summed E-state index contributed by atoms with van der Waals surface area (Å²) in [7, 11) is 0. The molecular formula is C22H21N3O2S. The van der Waals surface area contributed by atoms with Crippen molar-refractivity contribution in [2.24, 2.45) is 0 Å². The molecule has 0 amide bonds. The van der Waals surface area contributed by atoms with Crippen molar-refractivity contribution in [3.8, 4) is 11.5 Å². The summed E-state index contributed by atoms with van der Waals surface area (Å²) < 4.78 is 10.9. The summed E-state index contributed by atoms with van der Waals surface area (Å²) in [5.74, 6) is 1.56. The highest BCUT2D eigenvalue weighted by atomic mass is 32.1. The average Bonchev–Trinajstić information content (AvgIpc) is 3.21. The van der Waals surface area contributed by atoms with Gasteiger partial charge in [-0.15, -0.1) is 0 Å². The Morgan fingerprint density at radius 2 is 1.75 bits per heavy atom. The maximum Gasteiger partial charge on any atom is 0.231 e. The van der Waals surface area contributed by atoms with E-state index in [0.717, 1.165) is 22.8 Å². The van der Waals surface area contributed by atoms with Crippen LogP contribution in [-0.2, 0) is 19.6 Å². The van der Waals surface area contributed by atoms with Crippen LogP contribution in [0.25, 0.3) is 0 Å². The van der Waals surface area contributed by atoms with Gasteiger partial charge in [-0.1, -0.05) is 42.5 Å². The first kappa shape index (κ1) is 18.3. The Hall–Kier alpha value is -3.12. The Bertz CT molecular complexity index is 935. The standard InChI is InChI=1S/C22H21N3O2S/c28-22(24-13-17-6-2-1-3-7-17)25(15-19-8-4-5-11-23-19)14-18-9-10-20-21(12-18)27-16-26-20/h1-12H,13-16H2,(H,24,28). The topological polar surface area (TPSA) is 46.6 Å². The SMILES string of the molecule is S=C(NCc1ccccc1)N(Cc1ccc2c(c1)OCO2)Cc1ccccn1. The molecular weight excluding hydrogens is 370 g/mol. The zero-order chi connectivity index (χ0) is 19.2. The zero-order valence-corrected chi connectivity index (χ0v) is 16.2. The van der Waals surface area contributed by atoms with Gasteiger partial charge in [-0.2, -0.15) is 0 Å². The van der Waals surface area contributed by atoms with E-state index in [2.05, 4.69) is 27.3 Å². The van der Waals surface area contributed by atoms with Crippen molar-refractivity contribution < 1.29 is 9.47 Å². The summed E-state index contributed by atoms with van der Waals surface area (Å²) in [6, 6.07) is 22.1. The maximum absolute atomic E-state index is 5.70. The summed E-state index contributed by atoms with van der Waals surface area (Å²) in [5, 5.41) is 4.05. The van der Waals surface area contributed by atoms with Gasteiger partial charge in [-0.05, 0) is 47.6 Å². The van der Waals surface area contributed by atoms with E-state index in [9.17, 15) is 0 Å². The molecule has 0 unspecified atom stereocenters. The first-order valence-corrected chi connectivity index (χ1v) is 9.54. The van der Waals surface area contributed by atoms with E-state index in [1.54, 1.807) is 6.20 Å². The van der Waals surface area contributed by atoms with Crippen LogP contribution in [0.3, 0.4) is 0 Å². The molecule has 5 nitrogen and oxygen atoms in total. The second-order valence-corrected chi connectivity index (χ2v) is 6.90. The number of ether oxygens (including phenoxy) is 2. The van der Waals surface area contributed by atoms with Crippen molar-refractivity contribution in [3.05, 3.63) is 89.7 Å². The molecule has 3 aromatic rings. The summed E-state index contributed by atoms with van der Waals surface area (Å²) in [6.07, 6.45) is 1.80. The molecule has 0 saturated heterocycles. The van der Waals surface area contributed by atoms with Gasteiger partial charge in [0.05, 0.1) is 12.2 Å². The third-order valence-corrected chi connectivity index (χ3v) is 4.87. The Morgan fingerprint density at radius 3 is 2.57 bits per heavy atom. The second-order valence-electron chi connectivity index (χ2n) is 6.51. The predicted molar refractivity (Wildman–Crippen MR) is 112 cm³/mol. The van der Waals surface area contributed by atoms with E-state index < -0.39 is 0 Å². The molecule has 0 radical (unpaired) electrons. The lowest BCUT2D eigenvalue weighted by Gasteiger charge is -2.26. The van der Waals surface area contributed by atoms with Crippen molar-refractivity contribution >= 4 is 17.3 Å². The Balaban J connectivity index is 1.48. The lowest BCUT2D eigenvalue weighted by molar-refractivity contribution is 0.174. The molecule has 2 aromatic carbocycles. The molecule has 1 aromatic heterocycles. The molecule has 0 spiro atoms. The average molecular weight is 391 g/mol. The van der Waals surface area contributed by atoms with E-state index in [4.69, 9.17) is 21.7 Å². The Labute approximate surface area is 169 Å². The molecule has 0 bridgehead atoms. The molecule has 1 aliphatic rings. The van der Waals surface area contributed by atoms with Gasteiger partial charge < -0.3 is 19.7 Å². The summed E-state index contributed by atoms with van der Waals surface area (Å²) in [4.78, 5) is 6.55. The molecule has 1 aliphatic heterocycles. The van der Waals surface area contributed by atoms with Gasteiger partial charge in [0.15, 0.2) is 16.6 Å². The highest BCUT2D eigenvalue weighted by molar-refractivity contribution is 7.80. The molecule has 4 rings (SSSR count). The van der Waals surface area contributed by atoms with E-state index in [0.29, 0.717) is 24.7 Å². The molecule has 6 heteroatoms. The number of fused-ring (bicyclic) bond motifs is 1. The largest absolute Gasteiger partial charge is 0.454 e. The molecule has 0 atom stereocenters. The van der Waals surface area contributed by atoms with Crippen molar-refractivity contribution in [2.75, 3.05) is 6.79 Å². The van der Waals surface area contributed by atoms with Crippen molar-refractivity contribution in [3.63, 3.8) is 0 Å². The minimum absolute atomic E-state index is 0.271. The fourth-order valence-corrected chi connectivity index (χ4v) is 3.23. The molecule has 142 valence electrons. The fourth-order valence-electron chi connectivity index (χ4n) is 3.03. The van der Waals surface area contributed by atoms with Gasteiger partial charge in [-0.3, -0.25) is 4.98 Å². The number of pyridine rings is 1. The zero-order valence-electron chi connectivity index (χ0n) is 15.4. The number of rotatable bonds is 6. The number of benzene rings is 2. The number of aromatic nitrogens is 1. The lowest BCUT2D eigenvalue weighted by Crippen LogP contribution is -2.38. The Kier molecular flexibility index (Phi) is 5.68. The van der Waals surface area contributed by atoms with Gasteiger partial charge in [-0.25, -0.2) is 0 Å². The van der Waals surface area contributed by atoms with E-state index >= 15 is 0 Å². The predicted octanol–water partition coefficient (Wildman–Crippen LogP) is 3.89. The van der Waals surface area contributed by atoms with Crippen LogP contribution in [0.2, 0.25) is 0 Å². The van der Waals surface area contributed by atoms with Crippen molar-refractivity contribution in [2.45, 2.75) is 19.6 Å². The number of hydrogen-bond acceptors (Lipinski definition) is 4. The first-order valence-electron chi connectivity index (χ1n) is 9.13. The summed E-state index contributed by atoms with van der Waals surface area (Å²) in [5.41, 5.74) is 3.25. The van der Waals surface area contributed by atoms with Gasteiger partial charge >= 0.3 is 0 Å². The van der Waals surface area contributed by atoms with Crippen LogP contribution in [0.1, 0.15) is 16.8 Å². The molecule has 0 saturated carbocycles. The van der Waals surface area contributed by atoms with Crippen LogP contribution in [0.5, 0.6) is 11.5 Å². The van der Waals surface area contributed by atoms with Gasteiger partial charge in [0.2, 0.25) is 6.79 Å². The molecule has 0 fully saturated rings.